The van der Waals surface area contributed by atoms with Gasteiger partial charge in [-0.1, -0.05) is 40.5 Å². The van der Waals surface area contributed by atoms with E-state index in [2.05, 4.69) is 45.0 Å². The molecule has 2 nitrogen and oxygen atoms in total. The first-order valence-electron chi connectivity index (χ1n) is 7.48. The van der Waals surface area contributed by atoms with E-state index in [4.69, 9.17) is 0 Å². The second kappa shape index (κ2) is 7.38. The third-order valence-corrected chi connectivity index (χ3v) is 4.38. The van der Waals surface area contributed by atoms with Gasteiger partial charge in [-0.15, -0.1) is 0 Å². The highest BCUT2D eigenvalue weighted by Crippen LogP contribution is 2.28. The molecule has 17 heavy (non-hydrogen) atoms. The van der Waals surface area contributed by atoms with Crippen LogP contribution in [0.5, 0.6) is 0 Å². The minimum atomic E-state index is 0.685. The van der Waals surface area contributed by atoms with Crippen molar-refractivity contribution in [1.29, 1.82) is 0 Å². The zero-order chi connectivity index (χ0) is 12.8. The van der Waals surface area contributed by atoms with Crippen molar-refractivity contribution in [2.45, 2.75) is 65.5 Å². The minimum absolute atomic E-state index is 0.685. The first kappa shape index (κ1) is 15.0. The number of hydrogen-bond donors (Lipinski definition) is 1. The van der Waals surface area contributed by atoms with Crippen LogP contribution in [0.1, 0.15) is 53.4 Å². The third-order valence-electron chi connectivity index (χ3n) is 4.38. The molecule has 1 N–H and O–H groups in total. The summed E-state index contributed by atoms with van der Waals surface area (Å²) in [7, 11) is 2.34. The molecule has 0 saturated heterocycles. The molecule has 0 heterocycles. The van der Waals surface area contributed by atoms with Gasteiger partial charge in [-0.05, 0) is 38.3 Å². The molecule has 0 aromatic rings. The Morgan fingerprint density at radius 3 is 2.53 bits per heavy atom. The Kier molecular flexibility index (Phi) is 6.50. The average Bonchev–Trinajstić information content (AvgIpc) is 2.29. The zero-order valence-corrected chi connectivity index (χ0v) is 12.5. The van der Waals surface area contributed by atoms with E-state index in [1.165, 1.54) is 25.7 Å². The summed E-state index contributed by atoms with van der Waals surface area (Å²) in [5, 5.41) is 3.52. The lowest BCUT2D eigenvalue weighted by Gasteiger charge is -2.41. The van der Waals surface area contributed by atoms with Crippen LogP contribution in [0.4, 0.5) is 0 Å². The quantitative estimate of drug-likeness (QED) is 0.767. The highest BCUT2D eigenvalue weighted by atomic mass is 15.2. The third kappa shape index (κ3) is 4.59. The number of nitrogens with zero attached hydrogens (tertiary/aromatic N) is 1. The van der Waals surface area contributed by atoms with Gasteiger partial charge >= 0.3 is 0 Å². The monoisotopic (exact) mass is 240 g/mol. The molecule has 0 bridgehead atoms. The van der Waals surface area contributed by atoms with Gasteiger partial charge in [0, 0.05) is 18.6 Å². The van der Waals surface area contributed by atoms with Crippen LogP contribution in [0, 0.1) is 11.8 Å². The van der Waals surface area contributed by atoms with Crippen molar-refractivity contribution in [3.05, 3.63) is 0 Å². The molecule has 102 valence electrons. The molecule has 0 aromatic carbocycles. The van der Waals surface area contributed by atoms with Crippen molar-refractivity contribution in [2.24, 2.45) is 11.8 Å². The molecule has 0 amide bonds. The highest BCUT2D eigenvalue weighted by molar-refractivity contribution is 4.84. The van der Waals surface area contributed by atoms with E-state index < -0.39 is 0 Å². The number of rotatable bonds is 6. The fourth-order valence-electron chi connectivity index (χ4n) is 3.18. The lowest BCUT2D eigenvalue weighted by atomic mass is 9.85. The fraction of sp³-hybridized carbons (Fsp3) is 1.00. The van der Waals surface area contributed by atoms with E-state index >= 15 is 0 Å². The Balaban J connectivity index is 2.53. The van der Waals surface area contributed by atoms with Crippen LogP contribution in [0.2, 0.25) is 0 Å². The molecule has 0 spiro atoms. The number of likely N-dealkylation sites (N-methyl/N-ethyl adjacent to an activating group) is 2. The van der Waals surface area contributed by atoms with E-state index in [0.29, 0.717) is 6.04 Å². The van der Waals surface area contributed by atoms with Crippen molar-refractivity contribution in [3.8, 4) is 0 Å². The zero-order valence-electron chi connectivity index (χ0n) is 12.5. The summed E-state index contributed by atoms with van der Waals surface area (Å²) in [6, 6.07) is 1.50. The van der Waals surface area contributed by atoms with Crippen molar-refractivity contribution >= 4 is 0 Å². The molecule has 2 heteroatoms. The van der Waals surface area contributed by atoms with Gasteiger partial charge < -0.3 is 5.32 Å². The average molecular weight is 240 g/mol. The van der Waals surface area contributed by atoms with E-state index in [-0.39, 0.29) is 0 Å². The molecule has 0 aliphatic heterocycles. The SMILES string of the molecule is CCNCC(C(C)C)N(C)C1CCCC(C)C1. The van der Waals surface area contributed by atoms with Crippen LogP contribution in [0.25, 0.3) is 0 Å². The van der Waals surface area contributed by atoms with Crippen molar-refractivity contribution in [3.63, 3.8) is 0 Å². The summed E-state index contributed by atoms with van der Waals surface area (Å²) >= 11 is 0. The van der Waals surface area contributed by atoms with Gasteiger partial charge in [0.15, 0.2) is 0 Å². The van der Waals surface area contributed by atoms with E-state index in [0.717, 1.165) is 31.0 Å². The van der Waals surface area contributed by atoms with Crippen LogP contribution in [-0.4, -0.2) is 37.1 Å². The molecule has 3 atom stereocenters. The van der Waals surface area contributed by atoms with Gasteiger partial charge in [0.05, 0.1) is 0 Å². The molecule has 1 aliphatic carbocycles. The second-order valence-electron chi connectivity index (χ2n) is 6.21. The molecular formula is C15H32N2. The van der Waals surface area contributed by atoms with Gasteiger partial charge in [0.25, 0.3) is 0 Å². The van der Waals surface area contributed by atoms with Gasteiger partial charge in [0.2, 0.25) is 0 Å². The smallest absolute Gasteiger partial charge is 0.0243 e. The van der Waals surface area contributed by atoms with Crippen molar-refractivity contribution < 1.29 is 0 Å². The first-order valence-corrected chi connectivity index (χ1v) is 7.48. The van der Waals surface area contributed by atoms with Gasteiger partial charge in [0.1, 0.15) is 0 Å². The molecule has 1 aliphatic rings. The maximum atomic E-state index is 3.52. The predicted molar refractivity (Wildman–Crippen MR) is 76.4 cm³/mol. The topological polar surface area (TPSA) is 15.3 Å². The first-order chi connectivity index (χ1) is 8.06. The predicted octanol–water partition coefficient (Wildman–Crippen LogP) is 3.13. The lowest BCUT2D eigenvalue weighted by Crippen LogP contribution is -2.49. The highest BCUT2D eigenvalue weighted by Gasteiger charge is 2.28. The van der Waals surface area contributed by atoms with E-state index in [1.54, 1.807) is 0 Å². The van der Waals surface area contributed by atoms with Gasteiger partial charge in [-0.2, -0.15) is 0 Å². The molecule has 1 saturated carbocycles. The summed E-state index contributed by atoms with van der Waals surface area (Å²) in [6.45, 7) is 11.5. The summed E-state index contributed by atoms with van der Waals surface area (Å²) in [6.07, 6.45) is 5.65. The summed E-state index contributed by atoms with van der Waals surface area (Å²) in [5.41, 5.74) is 0. The molecule has 1 fully saturated rings. The number of hydrogen-bond acceptors (Lipinski definition) is 2. The maximum absolute atomic E-state index is 3.52. The largest absolute Gasteiger partial charge is 0.315 e. The summed E-state index contributed by atoms with van der Waals surface area (Å²) < 4.78 is 0. The standard InChI is InChI=1S/C15H32N2/c1-6-16-11-15(12(2)3)17(5)14-9-7-8-13(4)10-14/h12-16H,6-11H2,1-5H3. The van der Waals surface area contributed by atoms with Crippen LogP contribution in [0.15, 0.2) is 0 Å². The van der Waals surface area contributed by atoms with Crippen LogP contribution < -0.4 is 5.32 Å². The molecule has 3 unspecified atom stereocenters. The Bertz CT molecular complexity index is 203. The molecule has 0 radical (unpaired) electrons. The van der Waals surface area contributed by atoms with Gasteiger partial charge in [-0.3, -0.25) is 4.90 Å². The summed E-state index contributed by atoms with van der Waals surface area (Å²) in [4.78, 5) is 2.66. The fourth-order valence-corrected chi connectivity index (χ4v) is 3.18. The normalized spacial score (nSPS) is 27.7. The van der Waals surface area contributed by atoms with Gasteiger partial charge in [-0.25, -0.2) is 0 Å². The Morgan fingerprint density at radius 2 is 2.00 bits per heavy atom. The Morgan fingerprint density at radius 1 is 1.29 bits per heavy atom. The second-order valence-corrected chi connectivity index (χ2v) is 6.21. The Labute approximate surface area is 108 Å². The van der Waals surface area contributed by atoms with Crippen molar-refractivity contribution in [2.75, 3.05) is 20.1 Å². The molecule has 1 rings (SSSR count). The maximum Gasteiger partial charge on any atom is 0.0243 e. The van der Waals surface area contributed by atoms with E-state index in [1.807, 2.05) is 0 Å². The number of nitrogens with one attached hydrogen (secondary N) is 1. The summed E-state index contributed by atoms with van der Waals surface area (Å²) in [5.74, 6) is 1.65. The molecule has 0 aromatic heterocycles. The Hall–Kier alpha value is -0.0800. The molecular weight excluding hydrogens is 208 g/mol. The van der Waals surface area contributed by atoms with E-state index in [9.17, 15) is 0 Å². The van der Waals surface area contributed by atoms with Crippen LogP contribution in [0.3, 0.4) is 0 Å². The van der Waals surface area contributed by atoms with Crippen LogP contribution >= 0.6 is 0 Å². The minimum Gasteiger partial charge on any atom is -0.315 e. The lowest BCUT2D eigenvalue weighted by molar-refractivity contribution is 0.0924. The van der Waals surface area contributed by atoms with Crippen LogP contribution in [-0.2, 0) is 0 Å². The van der Waals surface area contributed by atoms with Crippen molar-refractivity contribution in [1.82, 2.24) is 10.2 Å².